The summed E-state index contributed by atoms with van der Waals surface area (Å²) < 4.78 is 11.2. The van der Waals surface area contributed by atoms with Gasteiger partial charge in [0.05, 0.1) is 25.9 Å². The molecule has 1 aromatic carbocycles. The topological polar surface area (TPSA) is 30.5 Å². The monoisotopic (exact) mass is 263 g/mol. The van der Waals surface area contributed by atoms with Crippen LogP contribution in [0, 0.1) is 0 Å². The molecule has 106 valence electrons. The van der Waals surface area contributed by atoms with Crippen LogP contribution < -0.4 is 10.1 Å². The van der Waals surface area contributed by atoms with Crippen LogP contribution in [-0.2, 0) is 10.2 Å². The normalized spacial score (nSPS) is 24.3. The third-order valence-electron chi connectivity index (χ3n) is 3.67. The average Bonchev–Trinajstić information content (AvgIpc) is 2.38. The van der Waals surface area contributed by atoms with E-state index in [1.165, 1.54) is 11.1 Å². The quantitative estimate of drug-likeness (QED) is 0.889. The van der Waals surface area contributed by atoms with Gasteiger partial charge in [-0.1, -0.05) is 26.8 Å². The fraction of sp³-hybridized carbons (Fsp3) is 0.625. The predicted octanol–water partition coefficient (Wildman–Crippen LogP) is 3.04. The molecule has 1 aliphatic rings. The second-order valence-corrected chi connectivity index (χ2v) is 6.31. The van der Waals surface area contributed by atoms with Gasteiger partial charge in [0.1, 0.15) is 5.75 Å². The molecule has 1 fully saturated rings. The van der Waals surface area contributed by atoms with E-state index in [0.717, 1.165) is 12.3 Å². The van der Waals surface area contributed by atoms with Crippen molar-refractivity contribution >= 4 is 0 Å². The van der Waals surface area contributed by atoms with Gasteiger partial charge in [-0.05, 0) is 30.0 Å². The van der Waals surface area contributed by atoms with Gasteiger partial charge in [-0.2, -0.15) is 0 Å². The van der Waals surface area contributed by atoms with E-state index < -0.39 is 0 Å². The molecule has 0 amide bonds. The van der Waals surface area contributed by atoms with E-state index in [1.54, 1.807) is 7.11 Å². The molecule has 0 aromatic heterocycles. The molecule has 1 aromatic rings. The van der Waals surface area contributed by atoms with Crippen LogP contribution in [0.25, 0.3) is 0 Å². The molecule has 0 aliphatic carbocycles. The molecule has 19 heavy (non-hydrogen) atoms. The van der Waals surface area contributed by atoms with Gasteiger partial charge in [0, 0.05) is 12.1 Å². The molecule has 0 radical (unpaired) electrons. The third-order valence-corrected chi connectivity index (χ3v) is 3.67. The van der Waals surface area contributed by atoms with Gasteiger partial charge >= 0.3 is 0 Å². The highest BCUT2D eigenvalue weighted by molar-refractivity contribution is 5.42. The highest BCUT2D eigenvalue weighted by Crippen LogP contribution is 2.32. The number of hydrogen-bond donors (Lipinski definition) is 1. The lowest BCUT2D eigenvalue weighted by atomic mass is 9.85. The maximum atomic E-state index is 5.75. The Morgan fingerprint density at radius 2 is 2.05 bits per heavy atom. The Balaban J connectivity index is 2.31. The van der Waals surface area contributed by atoms with Crippen LogP contribution in [0.15, 0.2) is 18.2 Å². The van der Waals surface area contributed by atoms with Crippen molar-refractivity contribution in [1.82, 2.24) is 5.32 Å². The second kappa shape index (κ2) is 5.51. The van der Waals surface area contributed by atoms with Crippen LogP contribution in [0.1, 0.15) is 44.9 Å². The number of rotatable bonds is 2. The first-order valence-electron chi connectivity index (χ1n) is 6.95. The van der Waals surface area contributed by atoms with Crippen LogP contribution in [-0.4, -0.2) is 26.4 Å². The molecule has 3 heteroatoms. The smallest absolute Gasteiger partial charge is 0.123 e. The van der Waals surface area contributed by atoms with E-state index in [9.17, 15) is 0 Å². The number of morpholine rings is 1. The summed E-state index contributed by atoms with van der Waals surface area (Å²) >= 11 is 0. The fourth-order valence-electron chi connectivity index (χ4n) is 2.36. The van der Waals surface area contributed by atoms with Gasteiger partial charge in [-0.3, -0.25) is 0 Å². The summed E-state index contributed by atoms with van der Waals surface area (Å²) in [6.45, 7) is 10.4. The molecule has 1 N–H and O–H groups in total. The molecule has 2 unspecified atom stereocenters. The lowest BCUT2D eigenvalue weighted by Gasteiger charge is -2.30. The first-order valence-corrected chi connectivity index (χ1v) is 6.95. The van der Waals surface area contributed by atoms with E-state index in [0.29, 0.717) is 6.61 Å². The van der Waals surface area contributed by atoms with Gasteiger partial charge < -0.3 is 14.8 Å². The first kappa shape index (κ1) is 14.4. The van der Waals surface area contributed by atoms with Gasteiger partial charge in [-0.25, -0.2) is 0 Å². The predicted molar refractivity (Wildman–Crippen MR) is 77.9 cm³/mol. The maximum Gasteiger partial charge on any atom is 0.123 e. The Morgan fingerprint density at radius 1 is 1.32 bits per heavy atom. The van der Waals surface area contributed by atoms with Crippen LogP contribution >= 0.6 is 0 Å². The van der Waals surface area contributed by atoms with Crippen LogP contribution in [0.2, 0.25) is 0 Å². The third kappa shape index (κ3) is 3.28. The zero-order valence-corrected chi connectivity index (χ0v) is 12.6. The minimum absolute atomic E-state index is 0.143. The molecule has 0 saturated carbocycles. The molecular weight excluding hydrogens is 238 g/mol. The summed E-state index contributed by atoms with van der Waals surface area (Å²) in [6, 6.07) is 6.67. The fourth-order valence-corrected chi connectivity index (χ4v) is 2.36. The standard InChI is InChI=1S/C16H25NO2/c1-11-9-17-14(10-19-11)13-8-12(16(2,3)4)6-7-15(13)18-5/h6-8,11,14,17H,9-10H2,1-5H3. The largest absolute Gasteiger partial charge is 0.496 e. The number of methoxy groups -OCH3 is 1. The molecule has 1 aliphatic heterocycles. The Labute approximate surface area is 116 Å². The van der Waals surface area contributed by atoms with Crippen molar-refractivity contribution < 1.29 is 9.47 Å². The summed E-state index contributed by atoms with van der Waals surface area (Å²) in [7, 11) is 1.72. The Morgan fingerprint density at radius 3 is 2.58 bits per heavy atom. The van der Waals surface area contributed by atoms with Crippen molar-refractivity contribution in [2.75, 3.05) is 20.3 Å². The minimum Gasteiger partial charge on any atom is -0.496 e. The van der Waals surface area contributed by atoms with Crippen molar-refractivity contribution in [2.45, 2.75) is 45.3 Å². The first-order chi connectivity index (χ1) is 8.91. The molecule has 1 saturated heterocycles. The Kier molecular flexibility index (Phi) is 4.16. The molecule has 0 bridgehead atoms. The van der Waals surface area contributed by atoms with Crippen molar-refractivity contribution in [3.05, 3.63) is 29.3 Å². The van der Waals surface area contributed by atoms with E-state index in [4.69, 9.17) is 9.47 Å². The summed E-state index contributed by atoms with van der Waals surface area (Å²) in [6.07, 6.45) is 0.285. The summed E-state index contributed by atoms with van der Waals surface area (Å²) in [5.74, 6) is 0.934. The van der Waals surface area contributed by atoms with Gasteiger partial charge in [0.15, 0.2) is 0 Å². The number of hydrogen-bond acceptors (Lipinski definition) is 3. The van der Waals surface area contributed by atoms with E-state index in [1.807, 2.05) is 0 Å². The Hall–Kier alpha value is -1.06. The molecule has 1 heterocycles. The summed E-state index contributed by atoms with van der Waals surface area (Å²) in [5, 5.41) is 3.53. The number of nitrogens with one attached hydrogen (secondary N) is 1. The SMILES string of the molecule is COc1ccc(C(C)(C)C)cc1C1COC(C)CN1. The second-order valence-electron chi connectivity index (χ2n) is 6.31. The molecule has 0 spiro atoms. The average molecular weight is 263 g/mol. The van der Waals surface area contributed by atoms with Crippen LogP contribution in [0.5, 0.6) is 5.75 Å². The summed E-state index contributed by atoms with van der Waals surface area (Å²) in [4.78, 5) is 0. The highest BCUT2D eigenvalue weighted by Gasteiger charge is 2.24. The zero-order valence-electron chi connectivity index (χ0n) is 12.6. The number of ether oxygens (including phenoxy) is 2. The minimum atomic E-state index is 0.143. The van der Waals surface area contributed by atoms with Gasteiger partial charge in [0.25, 0.3) is 0 Å². The lowest BCUT2D eigenvalue weighted by molar-refractivity contribution is 0.0144. The summed E-state index contributed by atoms with van der Waals surface area (Å²) in [5.41, 5.74) is 2.66. The molecule has 3 nitrogen and oxygen atoms in total. The highest BCUT2D eigenvalue weighted by atomic mass is 16.5. The van der Waals surface area contributed by atoms with Crippen molar-refractivity contribution in [3.63, 3.8) is 0 Å². The van der Waals surface area contributed by atoms with Crippen molar-refractivity contribution in [3.8, 4) is 5.75 Å². The van der Waals surface area contributed by atoms with E-state index in [-0.39, 0.29) is 17.6 Å². The number of benzene rings is 1. The van der Waals surface area contributed by atoms with E-state index >= 15 is 0 Å². The Bertz CT molecular complexity index is 429. The van der Waals surface area contributed by atoms with Crippen LogP contribution in [0.3, 0.4) is 0 Å². The van der Waals surface area contributed by atoms with Crippen molar-refractivity contribution in [2.24, 2.45) is 0 Å². The van der Waals surface area contributed by atoms with Crippen LogP contribution in [0.4, 0.5) is 0 Å². The maximum absolute atomic E-state index is 5.75. The van der Waals surface area contributed by atoms with E-state index in [2.05, 4.69) is 51.2 Å². The zero-order chi connectivity index (χ0) is 14.0. The lowest BCUT2D eigenvalue weighted by Crippen LogP contribution is -2.39. The molecule has 2 atom stereocenters. The molecular formula is C16H25NO2. The van der Waals surface area contributed by atoms with Gasteiger partial charge in [-0.15, -0.1) is 0 Å². The van der Waals surface area contributed by atoms with Gasteiger partial charge in [0.2, 0.25) is 0 Å². The van der Waals surface area contributed by atoms with Crippen molar-refractivity contribution in [1.29, 1.82) is 0 Å². The molecule has 2 rings (SSSR count).